The minimum Gasteiger partial charge on any atom is -0.493 e. The monoisotopic (exact) mass is 430 g/mol. The molecule has 31 heavy (non-hydrogen) atoms. The van der Waals surface area contributed by atoms with Crippen molar-refractivity contribution in [2.45, 2.75) is 0 Å². The Bertz CT molecular complexity index is 916. The number of hydrogen-bond donors (Lipinski definition) is 2. The van der Waals surface area contributed by atoms with Crippen LogP contribution in [0.25, 0.3) is 0 Å². The van der Waals surface area contributed by atoms with E-state index < -0.39 is 5.82 Å². The average Bonchev–Trinajstić information content (AvgIpc) is 2.76. The molecule has 2 aromatic carbocycles. The number of piperazine rings is 1. The van der Waals surface area contributed by atoms with E-state index in [1.165, 1.54) is 12.1 Å². The molecule has 1 aliphatic rings. The molecule has 0 atom stereocenters. The van der Waals surface area contributed by atoms with Crippen molar-refractivity contribution in [2.24, 2.45) is 0 Å². The number of carbonyl (C=O) groups is 2. The van der Waals surface area contributed by atoms with Gasteiger partial charge >= 0.3 is 0 Å². The number of nitrogens with zero attached hydrogens (tertiary/aromatic N) is 2. The van der Waals surface area contributed by atoms with Gasteiger partial charge in [-0.25, -0.2) is 4.39 Å². The van der Waals surface area contributed by atoms with E-state index in [1.54, 1.807) is 44.6 Å². The lowest BCUT2D eigenvalue weighted by atomic mass is 10.2. The van der Waals surface area contributed by atoms with Crippen molar-refractivity contribution in [3.05, 3.63) is 48.3 Å². The number of halogens is 1. The fourth-order valence-corrected chi connectivity index (χ4v) is 3.38. The number of hydrogen-bond acceptors (Lipinski definition) is 6. The number of amides is 2. The number of benzene rings is 2. The molecule has 3 rings (SSSR count). The predicted molar refractivity (Wildman–Crippen MR) is 116 cm³/mol. The van der Waals surface area contributed by atoms with Crippen LogP contribution < -0.4 is 20.1 Å². The minimum atomic E-state index is -0.457. The smallest absolute Gasteiger partial charge is 0.238 e. The first-order chi connectivity index (χ1) is 15.0. The van der Waals surface area contributed by atoms with E-state index in [2.05, 4.69) is 10.6 Å². The van der Waals surface area contributed by atoms with Crippen LogP contribution in [0.15, 0.2) is 42.5 Å². The lowest BCUT2D eigenvalue weighted by molar-refractivity contribution is -0.120. The van der Waals surface area contributed by atoms with E-state index in [9.17, 15) is 14.0 Å². The molecule has 8 nitrogen and oxygen atoms in total. The Balaban J connectivity index is 1.42. The topological polar surface area (TPSA) is 83.1 Å². The Morgan fingerprint density at radius 3 is 2.03 bits per heavy atom. The highest BCUT2D eigenvalue weighted by Crippen LogP contribution is 2.29. The lowest BCUT2D eigenvalue weighted by Crippen LogP contribution is -2.50. The molecule has 1 aliphatic heterocycles. The van der Waals surface area contributed by atoms with Crippen molar-refractivity contribution in [1.82, 2.24) is 9.80 Å². The molecule has 0 radical (unpaired) electrons. The van der Waals surface area contributed by atoms with Crippen molar-refractivity contribution < 1.29 is 23.5 Å². The third-order valence-electron chi connectivity index (χ3n) is 5.01. The zero-order valence-corrected chi connectivity index (χ0v) is 17.7. The summed E-state index contributed by atoms with van der Waals surface area (Å²) in [5, 5.41) is 5.46. The molecule has 1 fully saturated rings. The summed E-state index contributed by atoms with van der Waals surface area (Å²) in [6.45, 7) is 3.05. The maximum absolute atomic E-state index is 13.7. The summed E-state index contributed by atoms with van der Waals surface area (Å²) in [5.74, 6) is 0.294. The molecule has 166 valence electrons. The van der Waals surface area contributed by atoms with Crippen LogP contribution in [0.2, 0.25) is 0 Å². The van der Waals surface area contributed by atoms with E-state index in [4.69, 9.17) is 9.47 Å². The van der Waals surface area contributed by atoms with Gasteiger partial charge in [0.15, 0.2) is 11.5 Å². The molecular weight excluding hydrogens is 403 g/mol. The van der Waals surface area contributed by atoms with E-state index in [-0.39, 0.29) is 30.6 Å². The van der Waals surface area contributed by atoms with Gasteiger partial charge in [0.05, 0.1) is 33.0 Å². The molecule has 1 saturated heterocycles. The predicted octanol–water partition coefficient (Wildman–Crippen LogP) is 2.04. The van der Waals surface area contributed by atoms with Crippen LogP contribution in [0.5, 0.6) is 11.5 Å². The minimum absolute atomic E-state index is 0.127. The summed E-state index contributed by atoms with van der Waals surface area (Å²) in [6, 6.07) is 11.3. The van der Waals surface area contributed by atoms with E-state index in [0.717, 1.165) is 0 Å². The standard InChI is InChI=1S/C22H27FN4O4/c1-30-19-8-7-16(13-20(19)31-2)24-21(28)14-26-9-11-27(12-10-26)15-22(29)25-18-6-4-3-5-17(18)23/h3-8,13H,9-12,14-15H2,1-2H3,(H,24,28)(H,25,29). The molecule has 0 aliphatic carbocycles. The second-order valence-electron chi connectivity index (χ2n) is 7.20. The number of para-hydroxylation sites is 1. The molecule has 2 amide bonds. The SMILES string of the molecule is COc1ccc(NC(=O)CN2CCN(CC(=O)Nc3ccccc3F)CC2)cc1OC. The van der Waals surface area contributed by atoms with Crippen LogP contribution in [0.3, 0.4) is 0 Å². The first-order valence-corrected chi connectivity index (χ1v) is 9.99. The van der Waals surface area contributed by atoms with Gasteiger partial charge < -0.3 is 20.1 Å². The van der Waals surface area contributed by atoms with Gasteiger partial charge in [-0.3, -0.25) is 19.4 Å². The highest BCUT2D eigenvalue weighted by Gasteiger charge is 2.21. The lowest BCUT2D eigenvalue weighted by Gasteiger charge is -2.33. The van der Waals surface area contributed by atoms with Gasteiger partial charge in [-0.15, -0.1) is 0 Å². The molecular formula is C22H27FN4O4. The molecule has 2 aromatic rings. The van der Waals surface area contributed by atoms with Crippen molar-refractivity contribution in [1.29, 1.82) is 0 Å². The second kappa shape index (κ2) is 10.7. The van der Waals surface area contributed by atoms with Gasteiger partial charge in [0.25, 0.3) is 0 Å². The zero-order valence-electron chi connectivity index (χ0n) is 17.7. The Morgan fingerprint density at radius 2 is 1.45 bits per heavy atom. The van der Waals surface area contributed by atoms with Gasteiger partial charge in [-0.2, -0.15) is 0 Å². The van der Waals surface area contributed by atoms with Crippen LogP contribution >= 0.6 is 0 Å². The number of ether oxygens (including phenoxy) is 2. The van der Waals surface area contributed by atoms with Crippen molar-refractivity contribution in [2.75, 3.05) is 64.1 Å². The van der Waals surface area contributed by atoms with Gasteiger partial charge in [-0.1, -0.05) is 12.1 Å². The number of rotatable bonds is 8. The first kappa shape index (κ1) is 22.5. The van der Waals surface area contributed by atoms with Crippen molar-refractivity contribution in [3.63, 3.8) is 0 Å². The summed E-state index contributed by atoms with van der Waals surface area (Å²) in [6.07, 6.45) is 0. The van der Waals surface area contributed by atoms with Gasteiger partial charge in [0.2, 0.25) is 11.8 Å². The Kier molecular flexibility index (Phi) is 7.80. The molecule has 0 bridgehead atoms. The van der Waals surface area contributed by atoms with E-state index in [1.807, 2.05) is 9.80 Å². The Morgan fingerprint density at radius 1 is 0.871 bits per heavy atom. The number of anilines is 2. The summed E-state index contributed by atoms with van der Waals surface area (Å²) in [5.41, 5.74) is 0.809. The van der Waals surface area contributed by atoms with Gasteiger partial charge in [0, 0.05) is 37.9 Å². The van der Waals surface area contributed by atoms with Crippen LogP contribution in [0.4, 0.5) is 15.8 Å². The molecule has 0 saturated carbocycles. The van der Waals surface area contributed by atoms with Crippen molar-refractivity contribution >= 4 is 23.2 Å². The maximum atomic E-state index is 13.7. The van der Waals surface area contributed by atoms with E-state index in [0.29, 0.717) is 43.4 Å². The summed E-state index contributed by atoms with van der Waals surface area (Å²) < 4.78 is 24.1. The quantitative estimate of drug-likeness (QED) is 0.667. The second-order valence-corrected chi connectivity index (χ2v) is 7.20. The van der Waals surface area contributed by atoms with Crippen LogP contribution in [-0.2, 0) is 9.59 Å². The number of carbonyl (C=O) groups excluding carboxylic acids is 2. The largest absolute Gasteiger partial charge is 0.493 e. The van der Waals surface area contributed by atoms with Gasteiger partial charge in [0.1, 0.15) is 5.82 Å². The molecule has 1 heterocycles. The fourth-order valence-electron chi connectivity index (χ4n) is 3.38. The van der Waals surface area contributed by atoms with Crippen molar-refractivity contribution in [3.8, 4) is 11.5 Å². The third kappa shape index (κ3) is 6.40. The van der Waals surface area contributed by atoms with Crippen LogP contribution in [-0.4, -0.2) is 75.1 Å². The molecule has 9 heteroatoms. The van der Waals surface area contributed by atoms with Crippen LogP contribution in [0, 0.1) is 5.82 Å². The van der Waals surface area contributed by atoms with E-state index >= 15 is 0 Å². The van der Waals surface area contributed by atoms with Crippen LogP contribution in [0.1, 0.15) is 0 Å². The number of methoxy groups -OCH3 is 2. The third-order valence-corrected chi connectivity index (χ3v) is 5.01. The normalized spacial score (nSPS) is 14.7. The first-order valence-electron chi connectivity index (χ1n) is 9.99. The highest BCUT2D eigenvalue weighted by molar-refractivity contribution is 5.93. The fraction of sp³-hybridized carbons (Fsp3) is 0.364. The highest BCUT2D eigenvalue weighted by atomic mass is 19.1. The number of nitrogens with one attached hydrogen (secondary N) is 2. The summed E-state index contributed by atoms with van der Waals surface area (Å²) in [7, 11) is 3.10. The molecule has 2 N–H and O–H groups in total. The molecule has 0 spiro atoms. The Labute approximate surface area is 180 Å². The molecule has 0 unspecified atom stereocenters. The molecule has 0 aromatic heterocycles. The zero-order chi connectivity index (χ0) is 22.2. The Hall–Kier alpha value is -3.17. The average molecular weight is 430 g/mol. The summed E-state index contributed by atoms with van der Waals surface area (Å²) >= 11 is 0. The maximum Gasteiger partial charge on any atom is 0.238 e. The van der Waals surface area contributed by atoms with Gasteiger partial charge in [-0.05, 0) is 24.3 Å². The summed E-state index contributed by atoms with van der Waals surface area (Å²) in [4.78, 5) is 28.6.